The first-order valence-corrected chi connectivity index (χ1v) is 12.5. The third-order valence-electron chi connectivity index (χ3n) is 4.76. The Balaban J connectivity index is 1.51. The lowest BCUT2D eigenvalue weighted by Gasteiger charge is -2.18. The van der Waals surface area contributed by atoms with Crippen molar-refractivity contribution in [2.24, 2.45) is 0 Å². The molecule has 2 aromatic carbocycles. The molecule has 2 heterocycles. The van der Waals surface area contributed by atoms with Crippen molar-refractivity contribution >= 4 is 54.0 Å². The van der Waals surface area contributed by atoms with Gasteiger partial charge < -0.3 is 4.42 Å². The van der Waals surface area contributed by atoms with Crippen molar-refractivity contribution in [3.8, 4) is 0 Å². The Morgan fingerprint density at radius 3 is 2.59 bits per heavy atom. The maximum absolute atomic E-state index is 14.1. The zero-order chi connectivity index (χ0) is 22.7. The number of anilines is 1. The highest BCUT2D eigenvalue weighted by molar-refractivity contribution is 7.91. The number of para-hydroxylation sites is 1. The zero-order valence-electron chi connectivity index (χ0n) is 16.7. The number of amides is 1. The van der Waals surface area contributed by atoms with Gasteiger partial charge >= 0.3 is 0 Å². The zero-order valence-corrected chi connectivity index (χ0v) is 19.1. The summed E-state index contributed by atoms with van der Waals surface area (Å²) in [5.74, 6) is -0.452. The van der Waals surface area contributed by atoms with Crippen molar-refractivity contribution in [1.82, 2.24) is 4.98 Å². The molecule has 10 heteroatoms. The number of hydrogen-bond acceptors (Lipinski definition) is 6. The molecule has 4 aromatic rings. The molecule has 0 radical (unpaired) electrons. The van der Waals surface area contributed by atoms with Crippen molar-refractivity contribution in [3.63, 3.8) is 0 Å². The minimum atomic E-state index is -3.55. The lowest BCUT2D eigenvalue weighted by Crippen LogP contribution is -2.30. The molecule has 0 aliphatic carbocycles. The first-order valence-electron chi connectivity index (χ1n) is 9.69. The number of hydrogen-bond donors (Lipinski definition) is 0. The highest BCUT2D eigenvalue weighted by Crippen LogP contribution is 2.31. The van der Waals surface area contributed by atoms with Gasteiger partial charge in [0.15, 0.2) is 15.0 Å². The van der Waals surface area contributed by atoms with Gasteiger partial charge in [-0.1, -0.05) is 29.0 Å². The second-order valence-electron chi connectivity index (χ2n) is 7.02. The van der Waals surface area contributed by atoms with Gasteiger partial charge in [0.1, 0.15) is 17.1 Å². The van der Waals surface area contributed by atoms with Gasteiger partial charge in [-0.05, 0) is 55.0 Å². The smallest absolute Gasteiger partial charge is 0.229 e. The van der Waals surface area contributed by atoms with Gasteiger partial charge in [-0.3, -0.25) is 9.69 Å². The number of fused-ring (bicyclic) bond motifs is 1. The largest absolute Gasteiger partial charge is 0.467 e. The number of carbonyl (C=O) groups excluding carboxylic acids is 1. The molecule has 1 amide bonds. The van der Waals surface area contributed by atoms with Gasteiger partial charge in [0.25, 0.3) is 0 Å². The summed E-state index contributed by atoms with van der Waals surface area (Å²) in [7, 11) is -3.55. The monoisotopic (exact) mass is 492 g/mol. The SMILES string of the molecule is O=C(CCCS(=O)(=O)c1ccc(Cl)cc1)N(Cc1ccco1)c1nc2c(F)cccc2s1. The molecule has 0 aliphatic heterocycles. The number of carbonyl (C=O) groups is 1. The Kier molecular flexibility index (Phi) is 6.59. The van der Waals surface area contributed by atoms with Crippen LogP contribution in [0, 0.1) is 5.82 Å². The number of aromatic nitrogens is 1. The second-order valence-corrected chi connectivity index (χ2v) is 10.6. The molecule has 0 saturated carbocycles. The Morgan fingerprint density at radius 2 is 1.91 bits per heavy atom. The predicted molar refractivity (Wildman–Crippen MR) is 122 cm³/mol. The molecule has 0 N–H and O–H groups in total. The van der Waals surface area contributed by atoms with Crippen LogP contribution in [0.3, 0.4) is 0 Å². The lowest BCUT2D eigenvalue weighted by molar-refractivity contribution is -0.118. The van der Waals surface area contributed by atoms with Crippen molar-refractivity contribution in [2.75, 3.05) is 10.7 Å². The van der Waals surface area contributed by atoms with E-state index in [1.165, 1.54) is 52.8 Å². The summed E-state index contributed by atoms with van der Waals surface area (Å²) in [4.78, 5) is 18.9. The van der Waals surface area contributed by atoms with E-state index in [-0.39, 0.29) is 41.5 Å². The summed E-state index contributed by atoms with van der Waals surface area (Å²) in [6.45, 7) is 0.108. The average molecular weight is 493 g/mol. The summed E-state index contributed by atoms with van der Waals surface area (Å²) in [5.41, 5.74) is 0.190. The van der Waals surface area contributed by atoms with Crippen LogP contribution in [0.4, 0.5) is 9.52 Å². The fourth-order valence-corrected chi connectivity index (χ4v) is 5.58. The van der Waals surface area contributed by atoms with E-state index >= 15 is 0 Å². The van der Waals surface area contributed by atoms with Gasteiger partial charge in [0, 0.05) is 11.4 Å². The van der Waals surface area contributed by atoms with E-state index in [1.807, 2.05) is 0 Å². The van der Waals surface area contributed by atoms with Gasteiger partial charge in [-0.2, -0.15) is 0 Å². The number of benzene rings is 2. The summed E-state index contributed by atoms with van der Waals surface area (Å²) in [6, 6.07) is 14.0. The molecule has 32 heavy (non-hydrogen) atoms. The van der Waals surface area contributed by atoms with Crippen molar-refractivity contribution < 1.29 is 22.0 Å². The fourth-order valence-electron chi connectivity index (χ4n) is 3.15. The van der Waals surface area contributed by atoms with Crippen LogP contribution in [0.1, 0.15) is 18.6 Å². The van der Waals surface area contributed by atoms with E-state index in [4.69, 9.17) is 16.0 Å². The van der Waals surface area contributed by atoms with E-state index in [9.17, 15) is 17.6 Å². The molecule has 0 saturated heterocycles. The van der Waals surface area contributed by atoms with Crippen molar-refractivity contribution in [1.29, 1.82) is 0 Å². The predicted octanol–water partition coefficient (Wildman–Crippen LogP) is 5.47. The molecule has 6 nitrogen and oxygen atoms in total. The Morgan fingerprint density at radius 1 is 1.12 bits per heavy atom. The van der Waals surface area contributed by atoms with Crippen LogP contribution in [0.2, 0.25) is 5.02 Å². The Hall–Kier alpha value is -2.75. The lowest BCUT2D eigenvalue weighted by atomic mass is 10.3. The molecular weight excluding hydrogens is 475 g/mol. The molecule has 0 spiro atoms. The molecule has 0 aliphatic rings. The minimum absolute atomic E-state index is 0.0219. The molecule has 0 bridgehead atoms. The highest BCUT2D eigenvalue weighted by Gasteiger charge is 2.23. The maximum Gasteiger partial charge on any atom is 0.229 e. The van der Waals surface area contributed by atoms with E-state index in [0.29, 0.717) is 20.6 Å². The van der Waals surface area contributed by atoms with Gasteiger partial charge in [0.2, 0.25) is 5.91 Å². The normalized spacial score (nSPS) is 11.7. The Bertz CT molecular complexity index is 1340. The molecular formula is C22H18ClFN2O4S2. The van der Waals surface area contributed by atoms with E-state index in [2.05, 4.69) is 4.98 Å². The molecule has 4 rings (SSSR count). The van der Waals surface area contributed by atoms with Crippen LogP contribution < -0.4 is 4.90 Å². The van der Waals surface area contributed by atoms with E-state index < -0.39 is 15.7 Å². The molecule has 0 unspecified atom stereocenters. The molecule has 2 aromatic heterocycles. The van der Waals surface area contributed by atoms with Crippen LogP contribution in [-0.2, 0) is 21.2 Å². The minimum Gasteiger partial charge on any atom is -0.467 e. The van der Waals surface area contributed by atoms with E-state index in [0.717, 1.165) is 0 Å². The van der Waals surface area contributed by atoms with Crippen LogP contribution in [0.5, 0.6) is 0 Å². The topological polar surface area (TPSA) is 80.5 Å². The maximum atomic E-state index is 14.1. The third-order valence-corrected chi connectivity index (χ3v) is 7.87. The fraction of sp³-hybridized carbons (Fsp3) is 0.182. The number of furan rings is 1. The summed E-state index contributed by atoms with van der Waals surface area (Å²) < 4.78 is 45.2. The van der Waals surface area contributed by atoms with Gasteiger partial charge in [0.05, 0.1) is 28.2 Å². The van der Waals surface area contributed by atoms with Crippen LogP contribution in [0.15, 0.2) is 70.2 Å². The highest BCUT2D eigenvalue weighted by atomic mass is 35.5. The standard InChI is InChI=1S/C22H18ClFN2O4S2/c23-15-8-10-17(11-9-15)32(28,29)13-3-7-20(27)26(14-16-4-2-12-30-16)22-25-21-18(24)5-1-6-19(21)31-22/h1-2,4-6,8-12H,3,7,13-14H2. The van der Waals surface area contributed by atoms with Crippen LogP contribution in [-0.4, -0.2) is 25.1 Å². The number of sulfone groups is 1. The number of halogens is 2. The summed E-state index contributed by atoms with van der Waals surface area (Å²) in [5, 5.41) is 0.770. The molecule has 0 atom stereocenters. The van der Waals surface area contributed by atoms with Crippen LogP contribution >= 0.6 is 22.9 Å². The second kappa shape index (κ2) is 9.40. The van der Waals surface area contributed by atoms with Gasteiger partial charge in [-0.25, -0.2) is 17.8 Å². The summed E-state index contributed by atoms with van der Waals surface area (Å²) in [6.07, 6.45) is 1.60. The van der Waals surface area contributed by atoms with E-state index in [1.54, 1.807) is 24.3 Å². The number of rotatable bonds is 8. The number of thiazole rings is 1. The Labute approximate surface area is 193 Å². The molecule has 166 valence electrons. The third kappa shape index (κ3) is 5.01. The molecule has 0 fully saturated rings. The number of nitrogens with zero attached hydrogens (tertiary/aromatic N) is 2. The quantitative estimate of drug-likeness (QED) is 0.326. The average Bonchev–Trinajstić information content (AvgIpc) is 3.42. The van der Waals surface area contributed by atoms with Crippen LogP contribution in [0.25, 0.3) is 10.2 Å². The van der Waals surface area contributed by atoms with Crippen molar-refractivity contribution in [2.45, 2.75) is 24.3 Å². The van der Waals surface area contributed by atoms with Gasteiger partial charge in [-0.15, -0.1) is 0 Å². The first kappa shape index (κ1) is 22.4. The first-order chi connectivity index (χ1) is 15.3. The van der Waals surface area contributed by atoms with Crippen molar-refractivity contribution in [3.05, 3.63) is 77.5 Å². The summed E-state index contributed by atoms with van der Waals surface area (Å²) >= 11 is 7.01.